The Hall–Kier alpha value is -3.37. The average Bonchev–Trinajstić information content (AvgIpc) is 3.31. The van der Waals surface area contributed by atoms with Gasteiger partial charge in [-0.25, -0.2) is 4.68 Å². The van der Waals surface area contributed by atoms with Crippen molar-refractivity contribution in [3.8, 4) is 5.69 Å². The number of para-hydroxylation sites is 1. The van der Waals surface area contributed by atoms with Crippen LogP contribution in [0.15, 0.2) is 36.5 Å². The van der Waals surface area contributed by atoms with Crippen LogP contribution in [0.4, 0.5) is 13.2 Å². The summed E-state index contributed by atoms with van der Waals surface area (Å²) in [6.45, 7) is 3.45. The number of carbonyl (C=O) groups excluding carboxylic acids is 3. The zero-order valence-corrected chi connectivity index (χ0v) is 19.6. The molecule has 0 unspecified atom stereocenters. The number of nitrogens with one attached hydrogen (secondary N) is 2. The second-order valence-corrected chi connectivity index (χ2v) is 8.47. The van der Waals surface area contributed by atoms with Crippen LogP contribution in [-0.4, -0.2) is 58.6 Å². The predicted octanol–water partition coefficient (Wildman–Crippen LogP) is 3.17. The fourth-order valence-corrected chi connectivity index (χ4v) is 3.97. The number of nitrogens with zero attached hydrogens (tertiary/aromatic N) is 3. The zero-order chi connectivity index (χ0) is 25.4. The maximum Gasteiger partial charge on any atom is 0.435 e. The van der Waals surface area contributed by atoms with E-state index in [1.807, 2.05) is 6.92 Å². The van der Waals surface area contributed by atoms with Crippen molar-refractivity contribution >= 4 is 17.7 Å². The molecule has 2 N–H and O–H groups in total. The van der Waals surface area contributed by atoms with Gasteiger partial charge in [-0.1, -0.05) is 25.1 Å². The number of piperidine rings is 1. The van der Waals surface area contributed by atoms with Gasteiger partial charge < -0.3 is 15.5 Å². The van der Waals surface area contributed by atoms with Crippen LogP contribution in [0.3, 0.4) is 0 Å². The fraction of sp³-hybridized carbons (Fsp3) is 0.500. The lowest BCUT2D eigenvalue weighted by Gasteiger charge is -2.31. The molecule has 3 amide bonds. The second kappa shape index (κ2) is 11.9. The smallest absolute Gasteiger partial charge is 0.356 e. The Morgan fingerprint density at radius 2 is 1.71 bits per heavy atom. The number of amides is 3. The summed E-state index contributed by atoms with van der Waals surface area (Å²) in [6.07, 6.45) is -0.847. The van der Waals surface area contributed by atoms with Crippen LogP contribution in [0.2, 0.25) is 0 Å². The van der Waals surface area contributed by atoms with E-state index >= 15 is 0 Å². The Labute approximate surface area is 201 Å². The molecule has 35 heavy (non-hydrogen) atoms. The Morgan fingerprint density at radius 3 is 2.34 bits per heavy atom. The molecule has 1 aliphatic rings. The number of aromatic nitrogens is 2. The van der Waals surface area contributed by atoms with Gasteiger partial charge in [0, 0.05) is 44.7 Å². The number of hydrogen-bond acceptors (Lipinski definition) is 4. The molecule has 1 fully saturated rings. The molecular weight excluding hydrogens is 463 g/mol. The quantitative estimate of drug-likeness (QED) is 0.525. The van der Waals surface area contributed by atoms with Crippen molar-refractivity contribution < 1.29 is 27.6 Å². The van der Waals surface area contributed by atoms with Gasteiger partial charge >= 0.3 is 6.18 Å². The first-order valence-corrected chi connectivity index (χ1v) is 11.8. The van der Waals surface area contributed by atoms with Gasteiger partial charge in [0.2, 0.25) is 11.8 Å². The normalized spacial score (nSPS) is 14.6. The minimum absolute atomic E-state index is 0.0941. The van der Waals surface area contributed by atoms with Crippen molar-refractivity contribution in [2.24, 2.45) is 5.92 Å². The van der Waals surface area contributed by atoms with Crippen molar-refractivity contribution in [1.82, 2.24) is 25.3 Å². The largest absolute Gasteiger partial charge is 0.435 e. The molecule has 1 aliphatic heterocycles. The molecule has 8 nitrogen and oxygen atoms in total. The minimum Gasteiger partial charge on any atom is -0.356 e. The predicted molar refractivity (Wildman–Crippen MR) is 123 cm³/mol. The van der Waals surface area contributed by atoms with Gasteiger partial charge in [-0.3, -0.25) is 14.4 Å². The molecule has 2 aromatic rings. The van der Waals surface area contributed by atoms with Crippen LogP contribution in [0, 0.1) is 5.92 Å². The van der Waals surface area contributed by atoms with E-state index in [4.69, 9.17) is 0 Å². The van der Waals surface area contributed by atoms with Gasteiger partial charge in [-0.15, -0.1) is 0 Å². The molecule has 1 aromatic heterocycles. The third-order valence-electron chi connectivity index (χ3n) is 5.87. The molecule has 0 aliphatic carbocycles. The maximum atomic E-state index is 13.4. The van der Waals surface area contributed by atoms with Gasteiger partial charge in [0.25, 0.3) is 5.91 Å². The third kappa shape index (κ3) is 7.06. The molecule has 0 radical (unpaired) electrons. The van der Waals surface area contributed by atoms with E-state index in [0.717, 1.165) is 17.3 Å². The van der Waals surface area contributed by atoms with Crippen molar-refractivity contribution in [1.29, 1.82) is 0 Å². The summed E-state index contributed by atoms with van der Waals surface area (Å²) < 4.78 is 41.3. The Balaban J connectivity index is 1.45. The number of benzene rings is 1. The van der Waals surface area contributed by atoms with Gasteiger partial charge in [0.05, 0.1) is 11.3 Å². The number of likely N-dealkylation sites (tertiary alicyclic amines) is 1. The first kappa shape index (κ1) is 26.2. The van der Waals surface area contributed by atoms with Crippen LogP contribution in [0.5, 0.6) is 0 Å². The third-order valence-corrected chi connectivity index (χ3v) is 5.87. The van der Waals surface area contributed by atoms with E-state index in [9.17, 15) is 27.6 Å². The standard InChI is InChI=1S/C24H30F3N5O3/c1-2-7-20(33)31-14-10-17(11-15-31)22(34)28-12-6-13-29-23(35)19-16-32(18-8-4-3-5-9-18)30-21(19)24(25,26)27/h3-5,8-9,16-17H,2,6-7,10-15H2,1H3,(H,28,34)(H,29,35). The molecule has 11 heteroatoms. The van der Waals surface area contributed by atoms with Crippen molar-refractivity contribution in [2.45, 2.75) is 45.2 Å². The van der Waals surface area contributed by atoms with E-state index in [1.165, 1.54) is 0 Å². The van der Waals surface area contributed by atoms with Gasteiger partial charge in [-0.05, 0) is 37.8 Å². The molecule has 0 bridgehead atoms. The molecular formula is C24H30F3N5O3. The maximum absolute atomic E-state index is 13.4. The minimum atomic E-state index is -4.78. The lowest BCUT2D eigenvalue weighted by Crippen LogP contribution is -2.43. The SMILES string of the molecule is CCCC(=O)N1CCC(C(=O)NCCCNC(=O)c2cn(-c3ccccc3)nc2C(F)(F)F)CC1. The summed E-state index contributed by atoms with van der Waals surface area (Å²) in [5, 5.41) is 8.85. The summed E-state index contributed by atoms with van der Waals surface area (Å²) in [6, 6.07) is 8.22. The van der Waals surface area contributed by atoms with Crippen molar-refractivity contribution in [3.05, 3.63) is 47.8 Å². The van der Waals surface area contributed by atoms with Crippen molar-refractivity contribution in [3.63, 3.8) is 0 Å². The topological polar surface area (TPSA) is 96.3 Å². The molecule has 3 rings (SSSR count). The van der Waals surface area contributed by atoms with Crippen LogP contribution < -0.4 is 10.6 Å². The van der Waals surface area contributed by atoms with Gasteiger partial charge in [-0.2, -0.15) is 18.3 Å². The fourth-order valence-electron chi connectivity index (χ4n) is 3.97. The van der Waals surface area contributed by atoms with Gasteiger partial charge in [0.1, 0.15) is 0 Å². The highest BCUT2D eigenvalue weighted by Gasteiger charge is 2.39. The highest BCUT2D eigenvalue weighted by Crippen LogP contribution is 2.31. The molecule has 1 aromatic carbocycles. The number of hydrogen-bond donors (Lipinski definition) is 2. The molecule has 2 heterocycles. The highest BCUT2D eigenvalue weighted by molar-refractivity contribution is 5.95. The lowest BCUT2D eigenvalue weighted by molar-refractivity contribution is -0.141. The van der Waals surface area contributed by atoms with E-state index in [1.54, 1.807) is 35.2 Å². The highest BCUT2D eigenvalue weighted by atomic mass is 19.4. The number of halogens is 3. The summed E-state index contributed by atoms with van der Waals surface area (Å²) in [4.78, 5) is 38.6. The first-order valence-electron chi connectivity index (χ1n) is 11.8. The second-order valence-electron chi connectivity index (χ2n) is 8.47. The molecule has 0 atom stereocenters. The van der Waals surface area contributed by atoms with Crippen LogP contribution in [-0.2, 0) is 15.8 Å². The van der Waals surface area contributed by atoms with E-state index in [0.29, 0.717) is 44.5 Å². The molecule has 0 spiro atoms. The summed E-state index contributed by atoms with van der Waals surface area (Å²) >= 11 is 0. The average molecular weight is 494 g/mol. The van der Waals surface area contributed by atoms with Crippen LogP contribution >= 0.6 is 0 Å². The number of rotatable bonds is 9. The Morgan fingerprint density at radius 1 is 1.06 bits per heavy atom. The Kier molecular flexibility index (Phi) is 8.89. The monoisotopic (exact) mass is 493 g/mol. The van der Waals surface area contributed by atoms with Crippen LogP contribution in [0.1, 0.15) is 55.1 Å². The summed E-state index contributed by atoms with van der Waals surface area (Å²) in [5.41, 5.74) is -1.41. The van der Waals surface area contributed by atoms with Gasteiger partial charge in [0.15, 0.2) is 5.69 Å². The molecule has 1 saturated heterocycles. The lowest BCUT2D eigenvalue weighted by atomic mass is 9.95. The number of alkyl halides is 3. The first-order chi connectivity index (χ1) is 16.7. The molecule has 190 valence electrons. The van der Waals surface area contributed by atoms with E-state index in [-0.39, 0.29) is 30.8 Å². The van der Waals surface area contributed by atoms with E-state index < -0.39 is 23.3 Å². The zero-order valence-electron chi connectivity index (χ0n) is 19.6. The van der Waals surface area contributed by atoms with Crippen LogP contribution in [0.25, 0.3) is 5.69 Å². The number of carbonyl (C=O) groups is 3. The summed E-state index contributed by atoms with van der Waals surface area (Å²) in [5.74, 6) is -1.05. The van der Waals surface area contributed by atoms with E-state index in [2.05, 4.69) is 15.7 Å². The van der Waals surface area contributed by atoms with Crippen molar-refractivity contribution in [2.75, 3.05) is 26.2 Å². The summed E-state index contributed by atoms with van der Waals surface area (Å²) in [7, 11) is 0. The Bertz CT molecular complexity index is 1020. The molecule has 0 saturated carbocycles.